The van der Waals surface area contributed by atoms with Crippen LogP contribution >= 0.6 is 0 Å². The Bertz CT molecular complexity index is 671. The lowest BCUT2D eigenvalue weighted by Gasteiger charge is -2.35. The fourth-order valence-electron chi connectivity index (χ4n) is 3.45. The Morgan fingerprint density at radius 1 is 1.17 bits per heavy atom. The van der Waals surface area contributed by atoms with E-state index in [1.807, 2.05) is 32.0 Å². The number of hydrogen-bond donors (Lipinski definition) is 1. The van der Waals surface area contributed by atoms with Gasteiger partial charge in [-0.2, -0.15) is 0 Å². The molecule has 1 saturated carbocycles. The van der Waals surface area contributed by atoms with Gasteiger partial charge in [-0.1, -0.05) is 37.5 Å². The first-order valence-corrected chi connectivity index (χ1v) is 10.1. The maximum atomic E-state index is 12.4. The number of benzene rings is 1. The van der Waals surface area contributed by atoms with E-state index in [1.165, 1.54) is 0 Å². The van der Waals surface area contributed by atoms with Crippen LogP contribution in [0.4, 0.5) is 0 Å². The molecule has 1 aliphatic rings. The maximum Gasteiger partial charge on any atom is 0.239 e. The molecule has 5 nitrogen and oxygen atoms in total. The number of aryl methyl sites for hydroxylation is 2. The van der Waals surface area contributed by atoms with Gasteiger partial charge in [-0.15, -0.1) is 0 Å². The highest BCUT2D eigenvalue weighted by Crippen LogP contribution is 2.34. The van der Waals surface area contributed by atoms with Crippen LogP contribution in [0.25, 0.3) is 0 Å². The predicted octanol–water partition coefficient (Wildman–Crippen LogP) is 2.99. The summed E-state index contributed by atoms with van der Waals surface area (Å²) < 4.78 is 32.5. The van der Waals surface area contributed by atoms with Crippen molar-refractivity contribution in [1.29, 1.82) is 0 Å². The quantitative estimate of drug-likeness (QED) is 0.853. The van der Waals surface area contributed by atoms with Crippen LogP contribution in [0.2, 0.25) is 0 Å². The van der Waals surface area contributed by atoms with E-state index in [4.69, 9.17) is 4.74 Å². The van der Waals surface area contributed by atoms with E-state index in [0.717, 1.165) is 48.8 Å². The first kappa shape index (κ1) is 18.9. The standard InChI is InChI=1S/C18H27NO4S/c1-14-8-7-9-15(2)16(14)13-24(21,22)19-17(20)12-18(23-3)10-5-4-6-11-18/h7-9H,4-6,10-13H2,1-3H3,(H,19,20). The third-order valence-electron chi connectivity index (χ3n) is 4.93. The topological polar surface area (TPSA) is 72.5 Å². The Balaban J connectivity index is 2.04. The summed E-state index contributed by atoms with van der Waals surface area (Å²) in [6, 6.07) is 5.65. The summed E-state index contributed by atoms with van der Waals surface area (Å²) in [5.41, 5.74) is 2.05. The molecule has 134 valence electrons. The average Bonchev–Trinajstić information content (AvgIpc) is 2.51. The molecule has 1 fully saturated rings. The molecule has 1 amide bonds. The van der Waals surface area contributed by atoms with Crippen molar-refractivity contribution in [1.82, 2.24) is 4.72 Å². The predicted molar refractivity (Wildman–Crippen MR) is 94.1 cm³/mol. The van der Waals surface area contributed by atoms with Gasteiger partial charge in [-0.3, -0.25) is 9.52 Å². The zero-order chi connectivity index (χ0) is 17.8. The zero-order valence-electron chi connectivity index (χ0n) is 14.7. The van der Waals surface area contributed by atoms with Crippen LogP contribution in [-0.4, -0.2) is 27.0 Å². The summed E-state index contributed by atoms with van der Waals surface area (Å²) >= 11 is 0. The van der Waals surface area contributed by atoms with Crippen molar-refractivity contribution < 1.29 is 17.9 Å². The summed E-state index contributed by atoms with van der Waals surface area (Å²) in [6.45, 7) is 3.75. The Labute approximate surface area is 144 Å². The van der Waals surface area contributed by atoms with Gasteiger partial charge in [0.15, 0.2) is 0 Å². The summed E-state index contributed by atoms with van der Waals surface area (Å²) in [6.07, 6.45) is 4.85. The molecule has 24 heavy (non-hydrogen) atoms. The number of hydrogen-bond acceptors (Lipinski definition) is 4. The number of amides is 1. The second-order valence-corrected chi connectivity index (χ2v) is 8.50. The van der Waals surface area contributed by atoms with Gasteiger partial charge in [0.05, 0.1) is 17.8 Å². The van der Waals surface area contributed by atoms with E-state index >= 15 is 0 Å². The second kappa shape index (κ2) is 7.66. The molecule has 0 spiro atoms. The van der Waals surface area contributed by atoms with Gasteiger partial charge in [0.25, 0.3) is 0 Å². The first-order chi connectivity index (χ1) is 11.3. The maximum absolute atomic E-state index is 12.4. The second-order valence-electron chi connectivity index (χ2n) is 6.78. The molecule has 0 atom stereocenters. The monoisotopic (exact) mass is 353 g/mol. The number of ether oxygens (including phenoxy) is 1. The zero-order valence-corrected chi connectivity index (χ0v) is 15.5. The molecule has 0 unspecified atom stereocenters. The Morgan fingerprint density at radius 2 is 1.75 bits per heavy atom. The lowest BCUT2D eigenvalue weighted by molar-refractivity contribution is -0.128. The number of carbonyl (C=O) groups excluding carboxylic acids is 1. The van der Waals surface area contributed by atoms with E-state index in [-0.39, 0.29) is 12.2 Å². The van der Waals surface area contributed by atoms with Crippen molar-refractivity contribution in [2.45, 2.75) is 63.7 Å². The van der Waals surface area contributed by atoms with Gasteiger partial charge in [0.2, 0.25) is 15.9 Å². The van der Waals surface area contributed by atoms with E-state index in [2.05, 4.69) is 4.72 Å². The lowest BCUT2D eigenvalue weighted by atomic mass is 9.82. The summed E-state index contributed by atoms with van der Waals surface area (Å²) in [5, 5.41) is 0. The summed E-state index contributed by atoms with van der Waals surface area (Å²) in [4.78, 5) is 12.3. The largest absolute Gasteiger partial charge is 0.378 e. The van der Waals surface area contributed by atoms with Crippen molar-refractivity contribution in [3.63, 3.8) is 0 Å². The van der Waals surface area contributed by atoms with Gasteiger partial charge in [0, 0.05) is 7.11 Å². The summed E-state index contributed by atoms with van der Waals surface area (Å²) in [7, 11) is -2.12. The molecule has 1 aliphatic carbocycles. The molecule has 0 aliphatic heterocycles. The molecule has 0 aromatic heterocycles. The fraction of sp³-hybridized carbons (Fsp3) is 0.611. The fourth-order valence-corrected chi connectivity index (χ4v) is 4.78. The highest BCUT2D eigenvalue weighted by Gasteiger charge is 2.35. The minimum Gasteiger partial charge on any atom is -0.378 e. The van der Waals surface area contributed by atoms with E-state index < -0.39 is 21.5 Å². The van der Waals surface area contributed by atoms with Gasteiger partial charge in [-0.05, 0) is 43.4 Å². The molecule has 6 heteroatoms. The highest BCUT2D eigenvalue weighted by atomic mass is 32.2. The molecule has 0 heterocycles. The van der Waals surface area contributed by atoms with Crippen molar-refractivity contribution in [2.75, 3.05) is 7.11 Å². The molecule has 2 rings (SSSR count). The Kier molecular flexibility index (Phi) is 6.04. The number of rotatable bonds is 6. The third kappa shape index (κ3) is 4.80. The minimum absolute atomic E-state index is 0.0927. The van der Waals surface area contributed by atoms with Crippen molar-refractivity contribution in [3.8, 4) is 0 Å². The molecule has 1 N–H and O–H groups in total. The van der Waals surface area contributed by atoms with Crippen LogP contribution in [0.1, 0.15) is 55.2 Å². The number of carbonyl (C=O) groups is 1. The van der Waals surface area contributed by atoms with E-state index in [0.29, 0.717) is 0 Å². The van der Waals surface area contributed by atoms with Gasteiger partial charge >= 0.3 is 0 Å². The van der Waals surface area contributed by atoms with Gasteiger partial charge < -0.3 is 4.74 Å². The van der Waals surface area contributed by atoms with Crippen LogP contribution in [0.15, 0.2) is 18.2 Å². The molecular weight excluding hydrogens is 326 g/mol. The lowest BCUT2D eigenvalue weighted by Crippen LogP contribution is -2.42. The van der Waals surface area contributed by atoms with E-state index in [1.54, 1.807) is 7.11 Å². The molecule has 1 aromatic carbocycles. The molecular formula is C18H27NO4S. The molecule has 0 saturated heterocycles. The number of sulfonamides is 1. The van der Waals surface area contributed by atoms with Crippen molar-refractivity contribution in [2.24, 2.45) is 0 Å². The SMILES string of the molecule is COC1(CC(=O)NS(=O)(=O)Cc2c(C)cccc2C)CCCCC1. The molecule has 0 radical (unpaired) electrons. The van der Waals surface area contributed by atoms with Crippen molar-refractivity contribution in [3.05, 3.63) is 34.9 Å². The smallest absolute Gasteiger partial charge is 0.239 e. The number of methoxy groups -OCH3 is 1. The highest BCUT2D eigenvalue weighted by molar-refractivity contribution is 7.89. The first-order valence-electron chi connectivity index (χ1n) is 8.40. The third-order valence-corrected chi connectivity index (χ3v) is 6.14. The summed E-state index contributed by atoms with van der Waals surface area (Å²) in [5.74, 6) is -0.665. The minimum atomic E-state index is -3.72. The molecule has 0 bridgehead atoms. The van der Waals surface area contributed by atoms with E-state index in [9.17, 15) is 13.2 Å². The van der Waals surface area contributed by atoms with Crippen LogP contribution in [-0.2, 0) is 25.3 Å². The van der Waals surface area contributed by atoms with Crippen LogP contribution in [0, 0.1) is 13.8 Å². The normalized spacial score (nSPS) is 17.5. The van der Waals surface area contributed by atoms with Crippen LogP contribution < -0.4 is 4.72 Å². The Morgan fingerprint density at radius 3 is 2.29 bits per heavy atom. The van der Waals surface area contributed by atoms with Gasteiger partial charge in [0.1, 0.15) is 0 Å². The van der Waals surface area contributed by atoms with Crippen molar-refractivity contribution >= 4 is 15.9 Å². The van der Waals surface area contributed by atoms with Gasteiger partial charge in [-0.25, -0.2) is 8.42 Å². The average molecular weight is 353 g/mol. The Hall–Kier alpha value is -1.40. The van der Waals surface area contributed by atoms with Crippen LogP contribution in [0.3, 0.4) is 0 Å². The van der Waals surface area contributed by atoms with Crippen LogP contribution in [0.5, 0.6) is 0 Å². The number of nitrogens with one attached hydrogen (secondary N) is 1. The molecule has 1 aromatic rings.